The molecule has 2 aromatic rings. The van der Waals surface area contributed by atoms with Gasteiger partial charge in [-0.1, -0.05) is 36.8 Å². The Hall–Kier alpha value is -2.34. The molecule has 0 unspecified atom stereocenters. The summed E-state index contributed by atoms with van der Waals surface area (Å²) >= 11 is 0. The van der Waals surface area contributed by atoms with Crippen LogP contribution in [0.15, 0.2) is 30.3 Å². The van der Waals surface area contributed by atoms with E-state index >= 15 is 0 Å². The molecule has 3 heteroatoms. The van der Waals surface area contributed by atoms with Gasteiger partial charge in [-0.05, 0) is 50.7 Å². The van der Waals surface area contributed by atoms with Gasteiger partial charge >= 0.3 is 0 Å². The van der Waals surface area contributed by atoms with Crippen LogP contribution in [0.3, 0.4) is 0 Å². The van der Waals surface area contributed by atoms with E-state index in [2.05, 4.69) is 18.2 Å². The molecule has 3 rings (SSSR count). The van der Waals surface area contributed by atoms with Crippen LogP contribution in [-0.2, 0) is 12.8 Å². The maximum Gasteiger partial charge on any atom is 0.232 e. The fourth-order valence-corrected chi connectivity index (χ4v) is 3.23. The lowest BCUT2D eigenvalue weighted by molar-refractivity contribution is 0.231. The number of rotatable bonds is 3. The van der Waals surface area contributed by atoms with Gasteiger partial charge in [0.15, 0.2) is 0 Å². The summed E-state index contributed by atoms with van der Waals surface area (Å²) in [5.41, 5.74) is 5.02. The number of ether oxygens (including phenoxy) is 1. The van der Waals surface area contributed by atoms with Crippen molar-refractivity contribution in [1.82, 2.24) is 4.98 Å². The summed E-state index contributed by atoms with van der Waals surface area (Å²) in [6.07, 6.45) is 5.48. The highest BCUT2D eigenvalue weighted by Crippen LogP contribution is 2.37. The van der Waals surface area contributed by atoms with Crippen molar-refractivity contribution in [3.05, 3.63) is 47.2 Å². The molecule has 0 amide bonds. The minimum Gasteiger partial charge on any atom is -0.474 e. The van der Waals surface area contributed by atoms with Crippen LogP contribution in [0.4, 0.5) is 0 Å². The molecule has 0 N–H and O–H groups in total. The lowest BCUT2D eigenvalue weighted by Crippen LogP contribution is -2.12. The van der Waals surface area contributed by atoms with Crippen molar-refractivity contribution in [1.29, 1.82) is 5.26 Å². The predicted molar refractivity (Wildman–Crippen MR) is 91.4 cm³/mol. The first-order chi connectivity index (χ1) is 11.2. The van der Waals surface area contributed by atoms with Crippen LogP contribution in [0, 0.1) is 11.3 Å². The second kappa shape index (κ2) is 6.83. The van der Waals surface area contributed by atoms with Crippen LogP contribution in [-0.4, -0.2) is 11.1 Å². The fraction of sp³-hybridized carbons (Fsp3) is 0.400. The molecule has 1 aromatic heterocycles. The Morgan fingerprint density at radius 1 is 1.09 bits per heavy atom. The Balaban J connectivity index is 2.27. The van der Waals surface area contributed by atoms with E-state index in [1.807, 2.05) is 32.0 Å². The summed E-state index contributed by atoms with van der Waals surface area (Å²) in [7, 11) is 0. The van der Waals surface area contributed by atoms with Gasteiger partial charge in [0.25, 0.3) is 0 Å². The standard InChI is InChI=1S/C20H22N2O/c1-14(2)23-20-17(13-21)19(15-9-5-3-6-10-15)16-11-7-4-8-12-18(16)22-20/h3,5-6,9-10,14H,4,7-8,11-12H2,1-2H3. The molecule has 118 valence electrons. The van der Waals surface area contributed by atoms with Crippen molar-refractivity contribution in [2.24, 2.45) is 0 Å². The molecular formula is C20H22N2O. The maximum absolute atomic E-state index is 9.78. The minimum atomic E-state index is 0.00190. The maximum atomic E-state index is 9.78. The van der Waals surface area contributed by atoms with Gasteiger partial charge in [0, 0.05) is 11.3 Å². The van der Waals surface area contributed by atoms with Gasteiger partial charge in [-0.25, -0.2) is 4.98 Å². The third kappa shape index (κ3) is 3.22. The molecule has 1 heterocycles. The van der Waals surface area contributed by atoms with E-state index in [1.54, 1.807) is 0 Å². The Labute approximate surface area is 137 Å². The second-order valence-corrected chi connectivity index (χ2v) is 6.30. The summed E-state index contributed by atoms with van der Waals surface area (Å²) in [5, 5.41) is 9.78. The van der Waals surface area contributed by atoms with Crippen molar-refractivity contribution >= 4 is 0 Å². The molecule has 0 bridgehead atoms. The number of benzene rings is 1. The first-order valence-electron chi connectivity index (χ1n) is 8.38. The van der Waals surface area contributed by atoms with Crippen molar-refractivity contribution in [3.63, 3.8) is 0 Å². The highest BCUT2D eigenvalue weighted by molar-refractivity contribution is 5.77. The molecule has 0 radical (unpaired) electrons. The van der Waals surface area contributed by atoms with E-state index < -0.39 is 0 Å². The molecule has 0 saturated carbocycles. The van der Waals surface area contributed by atoms with Crippen molar-refractivity contribution in [2.75, 3.05) is 0 Å². The van der Waals surface area contributed by atoms with Crippen LogP contribution in [0.5, 0.6) is 5.88 Å². The average Bonchev–Trinajstić information content (AvgIpc) is 2.79. The normalized spacial score (nSPS) is 14.0. The summed E-state index contributed by atoms with van der Waals surface area (Å²) in [6.45, 7) is 3.94. The van der Waals surface area contributed by atoms with Crippen LogP contribution in [0.25, 0.3) is 11.1 Å². The second-order valence-electron chi connectivity index (χ2n) is 6.30. The average molecular weight is 306 g/mol. The summed E-state index contributed by atoms with van der Waals surface area (Å²) < 4.78 is 5.87. The molecule has 23 heavy (non-hydrogen) atoms. The molecule has 0 fully saturated rings. The Morgan fingerprint density at radius 3 is 2.52 bits per heavy atom. The van der Waals surface area contributed by atoms with E-state index in [1.165, 1.54) is 12.0 Å². The first kappa shape index (κ1) is 15.6. The monoisotopic (exact) mass is 306 g/mol. The molecule has 1 aliphatic rings. The zero-order valence-electron chi connectivity index (χ0n) is 13.8. The Bertz CT molecular complexity index is 730. The molecule has 0 saturated heterocycles. The number of pyridine rings is 1. The minimum absolute atomic E-state index is 0.00190. The Kier molecular flexibility index (Phi) is 4.62. The highest BCUT2D eigenvalue weighted by Gasteiger charge is 2.23. The number of hydrogen-bond acceptors (Lipinski definition) is 3. The van der Waals surface area contributed by atoms with Crippen LogP contribution in [0.1, 0.15) is 49.9 Å². The van der Waals surface area contributed by atoms with E-state index in [0.29, 0.717) is 11.4 Å². The van der Waals surface area contributed by atoms with E-state index in [0.717, 1.165) is 42.5 Å². The zero-order chi connectivity index (χ0) is 16.2. The molecule has 1 aromatic carbocycles. The predicted octanol–water partition coefficient (Wildman–Crippen LogP) is 4.68. The molecular weight excluding hydrogens is 284 g/mol. The molecule has 0 spiro atoms. The van der Waals surface area contributed by atoms with E-state index in [4.69, 9.17) is 9.72 Å². The topological polar surface area (TPSA) is 45.9 Å². The van der Waals surface area contributed by atoms with Gasteiger partial charge in [0.05, 0.1) is 6.10 Å². The number of fused-ring (bicyclic) bond motifs is 1. The smallest absolute Gasteiger partial charge is 0.232 e. The lowest BCUT2D eigenvalue weighted by atomic mass is 9.92. The van der Waals surface area contributed by atoms with Gasteiger partial charge in [-0.15, -0.1) is 0 Å². The zero-order valence-corrected chi connectivity index (χ0v) is 13.8. The van der Waals surface area contributed by atoms with Crippen LogP contribution in [0.2, 0.25) is 0 Å². The van der Waals surface area contributed by atoms with Gasteiger partial charge in [0.2, 0.25) is 5.88 Å². The third-order valence-electron chi connectivity index (χ3n) is 4.21. The van der Waals surface area contributed by atoms with E-state index in [9.17, 15) is 5.26 Å². The SMILES string of the molecule is CC(C)Oc1nc2c(c(-c3ccccc3)c1C#N)CCCCC2. The Morgan fingerprint density at radius 2 is 1.83 bits per heavy atom. The number of aryl methyl sites for hydroxylation is 1. The van der Waals surface area contributed by atoms with Gasteiger partial charge < -0.3 is 4.74 Å². The van der Waals surface area contributed by atoms with Crippen LogP contribution < -0.4 is 4.74 Å². The number of aromatic nitrogens is 1. The summed E-state index contributed by atoms with van der Waals surface area (Å²) in [5.74, 6) is 0.488. The van der Waals surface area contributed by atoms with Crippen molar-refractivity contribution < 1.29 is 4.74 Å². The number of nitriles is 1. The highest BCUT2D eigenvalue weighted by atomic mass is 16.5. The van der Waals surface area contributed by atoms with Crippen LogP contribution >= 0.6 is 0 Å². The molecule has 0 aliphatic heterocycles. The van der Waals surface area contributed by atoms with Crippen molar-refractivity contribution in [2.45, 2.75) is 52.1 Å². The summed E-state index contributed by atoms with van der Waals surface area (Å²) in [6, 6.07) is 12.5. The van der Waals surface area contributed by atoms with Gasteiger partial charge in [0.1, 0.15) is 11.6 Å². The number of nitrogens with zero attached hydrogens (tertiary/aromatic N) is 2. The lowest BCUT2D eigenvalue weighted by Gasteiger charge is -2.19. The first-order valence-corrected chi connectivity index (χ1v) is 8.38. The van der Waals surface area contributed by atoms with Gasteiger partial charge in [-0.3, -0.25) is 0 Å². The molecule has 1 aliphatic carbocycles. The quantitative estimate of drug-likeness (QED) is 0.774. The number of hydrogen-bond donors (Lipinski definition) is 0. The van der Waals surface area contributed by atoms with Gasteiger partial charge in [-0.2, -0.15) is 5.26 Å². The van der Waals surface area contributed by atoms with E-state index in [-0.39, 0.29) is 6.10 Å². The molecule has 3 nitrogen and oxygen atoms in total. The third-order valence-corrected chi connectivity index (χ3v) is 4.21. The van der Waals surface area contributed by atoms with Crippen molar-refractivity contribution in [3.8, 4) is 23.1 Å². The molecule has 0 atom stereocenters. The largest absolute Gasteiger partial charge is 0.474 e. The fourth-order valence-electron chi connectivity index (χ4n) is 3.23. The summed E-state index contributed by atoms with van der Waals surface area (Å²) in [4.78, 5) is 4.73.